The second-order valence-electron chi connectivity index (χ2n) is 9.44. The van der Waals surface area contributed by atoms with Crippen LogP contribution in [0.5, 0.6) is 0 Å². The lowest BCUT2D eigenvalue weighted by Crippen LogP contribution is -2.32. The molecule has 6 heteroatoms. The van der Waals surface area contributed by atoms with E-state index in [0.717, 1.165) is 62.3 Å². The molecule has 1 amide bonds. The maximum absolute atomic E-state index is 12.3. The Hall–Kier alpha value is -2.02. The van der Waals surface area contributed by atoms with Crippen molar-refractivity contribution in [3.05, 3.63) is 59.2 Å². The van der Waals surface area contributed by atoms with Gasteiger partial charge in [0.05, 0.1) is 11.5 Å². The molecule has 1 saturated carbocycles. The quantitative estimate of drug-likeness (QED) is 0.523. The first-order chi connectivity index (χ1) is 16.0. The summed E-state index contributed by atoms with van der Waals surface area (Å²) in [5.74, 6) is 0.913. The molecule has 1 heterocycles. The van der Waals surface area contributed by atoms with Gasteiger partial charge in [-0.1, -0.05) is 31.5 Å². The molecule has 33 heavy (non-hydrogen) atoms. The number of anilines is 1. The van der Waals surface area contributed by atoms with E-state index in [4.69, 9.17) is 4.18 Å². The van der Waals surface area contributed by atoms with Crippen molar-refractivity contribution in [3.8, 4) is 0 Å². The van der Waals surface area contributed by atoms with Crippen LogP contribution >= 0.6 is 0 Å². The number of carbonyl (C=O) groups excluding carboxylic acids is 1. The maximum atomic E-state index is 12.3. The highest BCUT2D eigenvalue weighted by molar-refractivity contribution is 7.80. The number of aryl methyl sites for hydroxylation is 1. The molecule has 1 atom stereocenters. The van der Waals surface area contributed by atoms with Gasteiger partial charge in [0.2, 0.25) is 5.91 Å². The van der Waals surface area contributed by atoms with Gasteiger partial charge < -0.3 is 5.32 Å². The van der Waals surface area contributed by atoms with Crippen LogP contribution in [0.4, 0.5) is 5.69 Å². The highest BCUT2D eigenvalue weighted by atomic mass is 32.2. The van der Waals surface area contributed by atoms with Crippen molar-refractivity contribution in [1.82, 2.24) is 4.90 Å². The van der Waals surface area contributed by atoms with Gasteiger partial charge in [0.25, 0.3) is 0 Å². The molecule has 4 rings (SSSR count). The minimum atomic E-state index is -1.37. The van der Waals surface area contributed by atoms with Crippen LogP contribution in [-0.2, 0) is 26.6 Å². The number of likely N-dealkylation sites (tertiary alicyclic amines) is 1. The van der Waals surface area contributed by atoms with Gasteiger partial charge in [-0.05, 0) is 99.0 Å². The Morgan fingerprint density at radius 1 is 1.09 bits per heavy atom. The molecule has 1 saturated heterocycles. The lowest BCUT2D eigenvalue weighted by atomic mass is 9.84. The Labute approximate surface area is 200 Å². The molecule has 178 valence electrons. The van der Waals surface area contributed by atoms with Crippen LogP contribution in [0.2, 0.25) is 0 Å². The zero-order chi connectivity index (χ0) is 23.2. The minimum absolute atomic E-state index is 0.178. The predicted octanol–water partition coefficient (Wildman–Crippen LogP) is 5.56. The first kappa shape index (κ1) is 24.1. The Balaban J connectivity index is 1.30. The maximum Gasteiger partial charge on any atom is 0.227 e. The third kappa shape index (κ3) is 6.31. The van der Waals surface area contributed by atoms with Crippen molar-refractivity contribution in [3.63, 3.8) is 0 Å². The molecule has 0 aromatic heterocycles. The summed E-state index contributed by atoms with van der Waals surface area (Å²) < 4.78 is 17.4. The molecular weight excluding hydrogens is 432 g/mol. The summed E-state index contributed by atoms with van der Waals surface area (Å²) in [5, 5.41) is 3.14. The second kappa shape index (κ2) is 11.4. The average Bonchev–Trinajstić information content (AvgIpc) is 2.78. The number of hydrogen-bond acceptors (Lipinski definition) is 4. The number of amides is 1. The molecule has 1 aliphatic carbocycles. The molecule has 5 nitrogen and oxygen atoms in total. The fourth-order valence-electron chi connectivity index (χ4n) is 4.67. The van der Waals surface area contributed by atoms with Crippen LogP contribution in [0, 0.1) is 12.8 Å². The Morgan fingerprint density at radius 3 is 2.45 bits per heavy atom. The van der Waals surface area contributed by atoms with Crippen LogP contribution in [0.1, 0.15) is 68.1 Å². The predicted molar refractivity (Wildman–Crippen MR) is 133 cm³/mol. The lowest BCUT2D eigenvalue weighted by molar-refractivity contribution is -0.122. The molecule has 2 fully saturated rings. The standard InChI is InChI=1S/C27H36N2O3S/c1-3-17-32-33(31)25-11-8-21(9-12-25)19-29-15-13-22(14-16-29)26-18-24(10-7-20(26)2)28-27(30)23-5-4-6-23/h7-12,18,22-23H,3-6,13-17,19H2,1-2H3,(H,28,30). The van der Waals surface area contributed by atoms with E-state index in [1.54, 1.807) is 0 Å². The lowest BCUT2D eigenvalue weighted by Gasteiger charge is -2.33. The van der Waals surface area contributed by atoms with E-state index in [2.05, 4.69) is 41.4 Å². The van der Waals surface area contributed by atoms with Crippen molar-refractivity contribution < 1.29 is 13.2 Å². The molecule has 1 aliphatic heterocycles. The number of nitrogens with one attached hydrogen (secondary N) is 1. The SMILES string of the molecule is CCCOS(=O)c1ccc(CN2CCC(c3cc(NC(=O)C4CCC4)ccc3C)CC2)cc1. The molecule has 0 spiro atoms. The number of carbonyl (C=O) groups is 1. The summed E-state index contributed by atoms with van der Waals surface area (Å²) in [6.07, 6.45) is 6.32. The van der Waals surface area contributed by atoms with E-state index < -0.39 is 11.1 Å². The van der Waals surface area contributed by atoms with Crippen molar-refractivity contribution in [2.24, 2.45) is 5.92 Å². The summed E-state index contributed by atoms with van der Waals surface area (Å²) in [5.41, 5.74) is 4.86. The summed E-state index contributed by atoms with van der Waals surface area (Å²) in [4.78, 5) is 15.6. The second-order valence-corrected chi connectivity index (χ2v) is 10.6. The van der Waals surface area contributed by atoms with Crippen LogP contribution in [-0.4, -0.2) is 34.7 Å². The number of piperidine rings is 1. The van der Waals surface area contributed by atoms with Gasteiger partial charge in [0.1, 0.15) is 0 Å². The topological polar surface area (TPSA) is 58.6 Å². The third-order valence-corrected chi connectivity index (χ3v) is 8.00. The smallest absolute Gasteiger partial charge is 0.227 e. The van der Waals surface area contributed by atoms with Crippen molar-refractivity contribution in [1.29, 1.82) is 0 Å². The molecule has 0 bridgehead atoms. The van der Waals surface area contributed by atoms with E-state index in [0.29, 0.717) is 12.5 Å². The number of rotatable bonds is 9. The summed E-state index contributed by atoms with van der Waals surface area (Å²) in [6.45, 7) is 7.71. The molecular formula is C27H36N2O3S. The third-order valence-electron chi connectivity index (χ3n) is 6.97. The van der Waals surface area contributed by atoms with E-state index in [1.165, 1.54) is 23.1 Å². The fraction of sp³-hybridized carbons (Fsp3) is 0.519. The number of benzene rings is 2. The van der Waals surface area contributed by atoms with Crippen LogP contribution in [0.3, 0.4) is 0 Å². The van der Waals surface area contributed by atoms with Gasteiger partial charge in [-0.3, -0.25) is 13.9 Å². The number of nitrogens with zero attached hydrogens (tertiary/aromatic N) is 1. The van der Waals surface area contributed by atoms with Crippen LogP contribution in [0.25, 0.3) is 0 Å². The van der Waals surface area contributed by atoms with Gasteiger partial charge in [-0.25, -0.2) is 4.21 Å². The van der Waals surface area contributed by atoms with Gasteiger partial charge in [-0.2, -0.15) is 0 Å². The largest absolute Gasteiger partial charge is 0.326 e. The van der Waals surface area contributed by atoms with Gasteiger partial charge in [0, 0.05) is 18.2 Å². The minimum Gasteiger partial charge on any atom is -0.326 e. The summed E-state index contributed by atoms with van der Waals surface area (Å²) in [6, 6.07) is 14.3. The van der Waals surface area contributed by atoms with Gasteiger partial charge >= 0.3 is 0 Å². The van der Waals surface area contributed by atoms with Crippen LogP contribution < -0.4 is 5.32 Å². The highest BCUT2D eigenvalue weighted by Gasteiger charge is 2.26. The molecule has 2 aliphatic rings. The zero-order valence-corrected chi connectivity index (χ0v) is 20.7. The van der Waals surface area contributed by atoms with Gasteiger partial charge in [-0.15, -0.1) is 0 Å². The Morgan fingerprint density at radius 2 is 1.82 bits per heavy atom. The van der Waals surface area contributed by atoms with E-state index >= 15 is 0 Å². The van der Waals surface area contributed by atoms with Crippen LogP contribution in [0.15, 0.2) is 47.4 Å². The normalized spacial score (nSPS) is 18.6. The molecule has 2 aromatic rings. The summed E-state index contributed by atoms with van der Waals surface area (Å²) >= 11 is -1.37. The molecule has 1 unspecified atom stereocenters. The Kier molecular flexibility index (Phi) is 8.34. The monoisotopic (exact) mass is 468 g/mol. The first-order valence-electron chi connectivity index (χ1n) is 12.3. The molecule has 0 radical (unpaired) electrons. The van der Waals surface area contributed by atoms with E-state index in [1.807, 2.05) is 25.1 Å². The Bertz CT molecular complexity index is 964. The van der Waals surface area contributed by atoms with E-state index in [9.17, 15) is 9.00 Å². The molecule has 1 N–H and O–H groups in total. The molecule has 2 aromatic carbocycles. The summed E-state index contributed by atoms with van der Waals surface area (Å²) in [7, 11) is 0. The van der Waals surface area contributed by atoms with Crippen molar-refractivity contribution in [2.45, 2.75) is 69.7 Å². The fourth-order valence-corrected chi connectivity index (χ4v) is 5.48. The van der Waals surface area contributed by atoms with Crippen molar-refractivity contribution >= 4 is 22.7 Å². The zero-order valence-electron chi connectivity index (χ0n) is 19.8. The van der Waals surface area contributed by atoms with E-state index in [-0.39, 0.29) is 11.8 Å². The highest BCUT2D eigenvalue weighted by Crippen LogP contribution is 2.33. The first-order valence-corrected chi connectivity index (χ1v) is 13.4. The van der Waals surface area contributed by atoms with Crippen molar-refractivity contribution in [2.75, 3.05) is 25.0 Å². The number of hydrogen-bond donors (Lipinski definition) is 1. The average molecular weight is 469 g/mol. The van der Waals surface area contributed by atoms with Gasteiger partial charge in [0.15, 0.2) is 11.1 Å².